The molecule has 1 aliphatic carbocycles. The van der Waals surface area contributed by atoms with Crippen molar-refractivity contribution in [1.29, 1.82) is 5.26 Å². The van der Waals surface area contributed by atoms with Crippen LogP contribution in [0.2, 0.25) is 0 Å². The molecule has 1 aliphatic rings. The molecule has 2 aromatic rings. The largest absolute Gasteiger partial charge is 0.462 e. The third kappa shape index (κ3) is 5.60. The highest BCUT2D eigenvalue weighted by atomic mass is 16.5. The van der Waals surface area contributed by atoms with Gasteiger partial charge in [0.15, 0.2) is 0 Å². The highest BCUT2D eigenvalue weighted by Gasteiger charge is 2.36. The molecule has 156 valence electrons. The topological polar surface area (TPSA) is 92.3 Å². The molecule has 0 radical (unpaired) electrons. The van der Waals surface area contributed by atoms with Gasteiger partial charge in [-0.3, -0.25) is 4.79 Å². The molecule has 1 aromatic carbocycles. The number of nitrogens with one attached hydrogen (secondary N) is 1. The number of nitrogens with zero attached hydrogens (tertiary/aromatic N) is 1. The predicted octanol–water partition coefficient (Wildman–Crippen LogP) is 5.15. The summed E-state index contributed by atoms with van der Waals surface area (Å²) in [6.45, 7) is 6.66. The van der Waals surface area contributed by atoms with E-state index in [9.17, 15) is 14.9 Å². The first kappa shape index (κ1) is 21.4. The molecular weight excluding hydrogens is 380 g/mol. The zero-order chi connectivity index (χ0) is 21.7. The fraction of sp³-hybridized carbons (Fsp3) is 0.375. The maximum absolute atomic E-state index is 12.4. The van der Waals surface area contributed by atoms with Crippen LogP contribution in [0.25, 0.3) is 6.08 Å². The van der Waals surface area contributed by atoms with E-state index in [4.69, 9.17) is 9.15 Å². The molecule has 0 bridgehead atoms. The van der Waals surface area contributed by atoms with E-state index in [1.165, 1.54) is 6.08 Å². The van der Waals surface area contributed by atoms with E-state index in [2.05, 4.69) is 26.1 Å². The maximum atomic E-state index is 12.4. The summed E-state index contributed by atoms with van der Waals surface area (Å²) in [5.74, 6) is 1.94. The summed E-state index contributed by atoms with van der Waals surface area (Å²) in [5, 5.41) is 12.0. The van der Waals surface area contributed by atoms with E-state index in [1.807, 2.05) is 12.1 Å². The highest BCUT2D eigenvalue weighted by molar-refractivity contribution is 6.09. The van der Waals surface area contributed by atoms with Crippen LogP contribution in [0.4, 0.5) is 5.69 Å². The standard InChI is InChI=1S/C24H26N2O4/c1-15(2)10-11-29-24(28)17-4-6-19(7-5-17)26-23(27)18(14-25)13-20-8-9-22(30-20)21-12-16(21)3/h4-9,13,15-16,21H,10-12H2,1-3H3,(H,26,27)/b18-13+/t16-,21-/m0/s1. The Kier molecular flexibility index (Phi) is 6.73. The van der Waals surface area contributed by atoms with Crippen molar-refractivity contribution in [2.45, 2.75) is 39.5 Å². The fourth-order valence-corrected chi connectivity index (χ4v) is 3.01. The lowest BCUT2D eigenvalue weighted by atomic mass is 10.1. The minimum Gasteiger partial charge on any atom is -0.462 e. The second-order valence-corrected chi connectivity index (χ2v) is 8.08. The molecule has 6 heteroatoms. The summed E-state index contributed by atoms with van der Waals surface area (Å²) in [7, 11) is 0. The van der Waals surface area contributed by atoms with E-state index in [1.54, 1.807) is 30.3 Å². The molecule has 1 aromatic heterocycles. The Morgan fingerprint density at radius 3 is 2.57 bits per heavy atom. The van der Waals surface area contributed by atoms with E-state index in [0.29, 0.717) is 41.4 Å². The second kappa shape index (κ2) is 9.45. The van der Waals surface area contributed by atoms with Crippen molar-refractivity contribution in [3.8, 4) is 6.07 Å². The van der Waals surface area contributed by atoms with Crippen LogP contribution in [-0.4, -0.2) is 18.5 Å². The third-order valence-electron chi connectivity index (χ3n) is 5.08. The molecular formula is C24H26N2O4. The van der Waals surface area contributed by atoms with Crippen LogP contribution in [0.15, 0.2) is 46.4 Å². The SMILES string of the molecule is CC(C)CCOC(=O)c1ccc(NC(=O)/C(C#N)=C/c2ccc([C@H]3C[C@@H]3C)o2)cc1. The van der Waals surface area contributed by atoms with Gasteiger partial charge in [-0.1, -0.05) is 20.8 Å². The normalized spacial score (nSPS) is 18.0. The van der Waals surface area contributed by atoms with E-state index >= 15 is 0 Å². The van der Waals surface area contributed by atoms with Gasteiger partial charge in [0.05, 0.1) is 12.2 Å². The molecule has 2 atom stereocenters. The van der Waals surface area contributed by atoms with E-state index < -0.39 is 11.9 Å². The Morgan fingerprint density at radius 1 is 1.27 bits per heavy atom. The summed E-state index contributed by atoms with van der Waals surface area (Å²) >= 11 is 0. The summed E-state index contributed by atoms with van der Waals surface area (Å²) in [4.78, 5) is 24.5. The Hall–Kier alpha value is -3.33. The van der Waals surface area contributed by atoms with Gasteiger partial charge in [0, 0.05) is 17.7 Å². The number of furan rings is 1. The van der Waals surface area contributed by atoms with Crippen molar-refractivity contribution in [3.05, 3.63) is 59.1 Å². The van der Waals surface area contributed by atoms with Gasteiger partial charge < -0.3 is 14.5 Å². The summed E-state index contributed by atoms with van der Waals surface area (Å²) in [6.07, 6.45) is 3.34. The van der Waals surface area contributed by atoms with Crippen LogP contribution in [0, 0.1) is 23.2 Å². The third-order valence-corrected chi connectivity index (χ3v) is 5.08. The molecule has 1 amide bonds. The second-order valence-electron chi connectivity index (χ2n) is 8.08. The van der Waals surface area contributed by atoms with Gasteiger partial charge in [-0.25, -0.2) is 4.79 Å². The van der Waals surface area contributed by atoms with Crippen LogP contribution in [0.5, 0.6) is 0 Å². The summed E-state index contributed by atoms with van der Waals surface area (Å²) < 4.78 is 11.0. The lowest BCUT2D eigenvalue weighted by Gasteiger charge is -2.08. The Balaban J connectivity index is 1.59. The molecule has 0 unspecified atom stereocenters. The molecule has 3 rings (SSSR count). The van der Waals surface area contributed by atoms with Crippen molar-refractivity contribution in [1.82, 2.24) is 0 Å². The molecule has 1 heterocycles. The number of ether oxygens (including phenoxy) is 1. The van der Waals surface area contributed by atoms with Gasteiger partial charge in [-0.05, 0) is 61.1 Å². The first-order valence-electron chi connectivity index (χ1n) is 10.2. The molecule has 0 saturated heterocycles. The van der Waals surface area contributed by atoms with E-state index in [0.717, 1.165) is 18.6 Å². The first-order chi connectivity index (χ1) is 14.4. The van der Waals surface area contributed by atoms with Gasteiger partial charge in [-0.15, -0.1) is 0 Å². The molecule has 0 spiro atoms. The molecule has 1 saturated carbocycles. The smallest absolute Gasteiger partial charge is 0.338 e. The Labute approximate surface area is 176 Å². The average Bonchev–Trinajstić information content (AvgIpc) is 3.26. The number of hydrogen-bond acceptors (Lipinski definition) is 5. The zero-order valence-electron chi connectivity index (χ0n) is 17.5. The van der Waals surface area contributed by atoms with Gasteiger partial charge in [-0.2, -0.15) is 5.26 Å². The minimum atomic E-state index is -0.539. The highest BCUT2D eigenvalue weighted by Crippen LogP contribution is 2.47. The Morgan fingerprint density at radius 2 is 1.97 bits per heavy atom. The molecule has 30 heavy (non-hydrogen) atoms. The number of nitriles is 1. The van der Waals surface area contributed by atoms with Crippen LogP contribution in [0.3, 0.4) is 0 Å². The van der Waals surface area contributed by atoms with E-state index in [-0.39, 0.29) is 5.57 Å². The van der Waals surface area contributed by atoms with Gasteiger partial charge in [0.2, 0.25) is 0 Å². The van der Waals surface area contributed by atoms with Crippen molar-refractivity contribution < 1.29 is 18.7 Å². The van der Waals surface area contributed by atoms with Gasteiger partial charge >= 0.3 is 5.97 Å². The molecule has 1 fully saturated rings. The number of esters is 1. The van der Waals surface area contributed by atoms with Crippen LogP contribution in [0.1, 0.15) is 61.4 Å². The number of hydrogen-bond donors (Lipinski definition) is 1. The first-order valence-corrected chi connectivity index (χ1v) is 10.2. The van der Waals surface area contributed by atoms with Crippen molar-refractivity contribution in [2.75, 3.05) is 11.9 Å². The number of carbonyl (C=O) groups excluding carboxylic acids is 2. The van der Waals surface area contributed by atoms with Gasteiger partial charge in [0.1, 0.15) is 23.2 Å². The van der Waals surface area contributed by atoms with Crippen molar-refractivity contribution >= 4 is 23.6 Å². The monoisotopic (exact) mass is 406 g/mol. The lowest BCUT2D eigenvalue weighted by molar-refractivity contribution is -0.112. The number of carbonyl (C=O) groups is 2. The van der Waals surface area contributed by atoms with Crippen LogP contribution in [-0.2, 0) is 9.53 Å². The number of rotatable bonds is 8. The molecule has 1 N–H and O–H groups in total. The average molecular weight is 406 g/mol. The van der Waals surface area contributed by atoms with Crippen LogP contribution < -0.4 is 5.32 Å². The predicted molar refractivity (Wildman–Crippen MR) is 114 cm³/mol. The summed E-state index contributed by atoms with van der Waals surface area (Å²) in [5.41, 5.74) is 0.828. The number of benzene rings is 1. The van der Waals surface area contributed by atoms with Gasteiger partial charge in [0.25, 0.3) is 5.91 Å². The van der Waals surface area contributed by atoms with Crippen LogP contribution >= 0.6 is 0 Å². The Bertz CT molecular complexity index is 979. The van der Waals surface area contributed by atoms with Crippen molar-refractivity contribution in [3.63, 3.8) is 0 Å². The number of amides is 1. The van der Waals surface area contributed by atoms with Crippen molar-refractivity contribution in [2.24, 2.45) is 11.8 Å². The zero-order valence-corrected chi connectivity index (χ0v) is 17.5. The minimum absolute atomic E-state index is 0.0584. The summed E-state index contributed by atoms with van der Waals surface area (Å²) in [6, 6.07) is 11.9. The maximum Gasteiger partial charge on any atom is 0.338 e. The number of anilines is 1. The molecule has 6 nitrogen and oxygen atoms in total. The quantitative estimate of drug-likeness (QED) is 0.372. The fourth-order valence-electron chi connectivity index (χ4n) is 3.01. The lowest BCUT2D eigenvalue weighted by Crippen LogP contribution is -2.13. The molecule has 0 aliphatic heterocycles.